The minimum atomic E-state index is -0.795. The van der Waals surface area contributed by atoms with Gasteiger partial charge in [-0.3, -0.25) is 19.2 Å². The van der Waals surface area contributed by atoms with Gasteiger partial charge in [-0.2, -0.15) is 0 Å². The zero-order valence-electron chi connectivity index (χ0n) is 17.6. The summed E-state index contributed by atoms with van der Waals surface area (Å²) in [5.74, 6) is -0.782. The number of carbonyl (C=O) groups excluding carboxylic acids is 4. The minimum absolute atomic E-state index is 0.0179. The second kappa shape index (κ2) is 10.3. The van der Waals surface area contributed by atoms with Gasteiger partial charge >= 0.3 is 5.97 Å². The molecule has 0 fully saturated rings. The summed E-state index contributed by atoms with van der Waals surface area (Å²) in [6.45, 7) is 2.72. The highest BCUT2D eigenvalue weighted by Crippen LogP contribution is 2.37. The van der Waals surface area contributed by atoms with Gasteiger partial charge in [0.15, 0.2) is 23.9 Å². The van der Waals surface area contributed by atoms with Crippen LogP contribution in [0.4, 0.5) is 5.69 Å². The molecule has 0 saturated carbocycles. The first-order chi connectivity index (χ1) is 15.4. The molecule has 168 valence electrons. The lowest BCUT2D eigenvalue weighted by Gasteiger charge is -2.11. The second-order valence-electron chi connectivity index (χ2n) is 6.66. The van der Waals surface area contributed by atoms with Gasteiger partial charge in [0.2, 0.25) is 6.79 Å². The molecule has 32 heavy (non-hydrogen) atoms. The Kier molecular flexibility index (Phi) is 7.27. The van der Waals surface area contributed by atoms with Crippen LogP contribution in [0, 0.1) is 0 Å². The normalized spacial score (nSPS) is 11.4. The van der Waals surface area contributed by atoms with Gasteiger partial charge in [-0.05, 0) is 44.2 Å². The van der Waals surface area contributed by atoms with E-state index in [4.69, 9.17) is 18.9 Å². The van der Waals surface area contributed by atoms with Crippen molar-refractivity contribution in [2.24, 2.45) is 0 Å². The average Bonchev–Trinajstić information content (AvgIpc) is 3.23. The highest BCUT2D eigenvalue weighted by atomic mass is 16.7. The molecule has 0 spiro atoms. The lowest BCUT2D eigenvalue weighted by Crippen LogP contribution is -2.32. The van der Waals surface area contributed by atoms with Crippen LogP contribution in [0.5, 0.6) is 17.2 Å². The second-order valence-corrected chi connectivity index (χ2v) is 6.66. The number of hydrogen-bond acceptors (Lipinski definition) is 8. The van der Waals surface area contributed by atoms with Crippen molar-refractivity contribution in [1.82, 2.24) is 5.32 Å². The van der Waals surface area contributed by atoms with Crippen molar-refractivity contribution < 1.29 is 38.1 Å². The van der Waals surface area contributed by atoms with Gasteiger partial charge in [-0.25, -0.2) is 0 Å². The summed E-state index contributed by atoms with van der Waals surface area (Å²) in [5.41, 5.74) is 0.793. The number of nitrogens with one attached hydrogen (secondary N) is 2. The third kappa shape index (κ3) is 5.75. The SMILES string of the molecule is CCOc1ccc(C(=O)NCC(=O)OCC(=O)Nc2cc3c(cc2C(C)=O)OCO3)cc1. The van der Waals surface area contributed by atoms with E-state index in [1.165, 1.54) is 19.1 Å². The van der Waals surface area contributed by atoms with Crippen LogP contribution in [-0.2, 0) is 14.3 Å². The number of fused-ring (bicyclic) bond motifs is 1. The van der Waals surface area contributed by atoms with Crippen molar-refractivity contribution in [3.63, 3.8) is 0 Å². The van der Waals surface area contributed by atoms with E-state index >= 15 is 0 Å². The van der Waals surface area contributed by atoms with E-state index in [1.54, 1.807) is 24.3 Å². The Bertz CT molecular complexity index is 1030. The van der Waals surface area contributed by atoms with Crippen LogP contribution in [-0.4, -0.2) is 50.1 Å². The Labute approximate surface area is 183 Å². The lowest BCUT2D eigenvalue weighted by atomic mass is 10.1. The zero-order chi connectivity index (χ0) is 23.1. The first-order valence-corrected chi connectivity index (χ1v) is 9.78. The van der Waals surface area contributed by atoms with E-state index in [9.17, 15) is 19.2 Å². The molecule has 0 unspecified atom stereocenters. The molecule has 3 rings (SSSR count). The summed E-state index contributed by atoms with van der Waals surface area (Å²) in [4.78, 5) is 48.0. The van der Waals surface area contributed by atoms with Crippen molar-refractivity contribution in [3.8, 4) is 17.2 Å². The molecule has 2 aromatic carbocycles. The first kappa shape index (κ1) is 22.6. The monoisotopic (exact) mass is 442 g/mol. The van der Waals surface area contributed by atoms with Crippen LogP contribution >= 0.6 is 0 Å². The van der Waals surface area contributed by atoms with Crippen LogP contribution in [0.2, 0.25) is 0 Å². The molecule has 1 aliphatic heterocycles. The Morgan fingerprint density at radius 2 is 1.72 bits per heavy atom. The largest absolute Gasteiger partial charge is 0.494 e. The third-order valence-corrected chi connectivity index (χ3v) is 4.35. The predicted molar refractivity (Wildman–Crippen MR) is 112 cm³/mol. The number of amides is 2. The van der Waals surface area contributed by atoms with Crippen molar-refractivity contribution in [2.45, 2.75) is 13.8 Å². The summed E-state index contributed by atoms with van der Waals surface area (Å²) in [7, 11) is 0. The van der Waals surface area contributed by atoms with Crippen LogP contribution in [0.3, 0.4) is 0 Å². The summed E-state index contributed by atoms with van der Waals surface area (Å²) < 4.78 is 20.7. The van der Waals surface area contributed by atoms with Crippen LogP contribution < -0.4 is 24.8 Å². The maximum atomic E-state index is 12.2. The number of rotatable bonds is 9. The van der Waals surface area contributed by atoms with Crippen LogP contribution in [0.1, 0.15) is 34.6 Å². The van der Waals surface area contributed by atoms with Crippen molar-refractivity contribution in [2.75, 3.05) is 31.9 Å². The molecule has 1 heterocycles. The Hall–Kier alpha value is -4.08. The van der Waals surface area contributed by atoms with Gasteiger partial charge in [-0.15, -0.1) is 0 Å². The number of carbonyl (C=O) groups is 4. The number of esters is 1. The van der Waals surface area contributed by atoms with Gasteiger partial charge in [0.1, 0.15) is 12.3 Å². The fourth-order valence-corrected chi connectivity index (χ4v) is 2.84. The van der Waals surface area contributed by atoms with Gasteiger partial charge in [0, 0.05) is 17.2 Å². The van der Waals surface area contributed by atoms with Crippen LogP contribution in [0.25, 0.3) is 0 Å². The van der Waals surface area contributed by atoms with Crippen molar-refractivity contribution in [1.29, 1.82) is 0 Å². The zero-order valence-corrected chi connectivity index (χ0v) is 17.6. The standard InChI is InChI=1S/C22H22N2O8/c1-3-29-15-6-4-14(5-7-15)22(28)23-10-21(27)30-11-20(26)24-17-9-19-18(31-12-32-19)8-16(17)13(2)25/h4-9H,3,10-12H2,1-2H3,(H,23,28)(H,24,26). The van der Waals surface area contributed by atoms with E-state index in [2.05, 4.69) is 10.6 Å². The van der Waals surface area contributed by atoms with E-state index in [0.29, 0.717) is 29.4 Å². The molecule has 0 bridgehead atoms. The summed E-state index contributed by atoms with van der Waals surface area (Å²) in [6.07, 6.45) is 0. The Balaban J connectivity index is 1.47. The highest BCUT2D eigenvalue weighted by Gasteiger charge is 2.21. The number of benzene rings is 2. The fourth-order valence-electron chi connectivity index (χ4n) is 2.84. The molecule has 2 amide bonds. The molecule has 10 nitrogen and oxygen atoms in total. The van der Waals surface area contributed by atoms with Crippen molar-refractivity contribution >= 4 is 29.3 Å². The predicted octanol–water partition coefficient (Wildman–Crippen LogP) is 1.93. The molecular formula is C22H22N2O8. The number of anilines is 1. The highest BCUT2D eigenvalue weighted by molar-refractivity contribution is 6.05. The molecule has 0 saturated heterocycles. The number of ketones is 1. The van der Waals surface area contributed by atoms with Gasteiger partial charge in [0.05, 0.1) is 12.3 Å². The number of hydrogen-bond donors (Lipinski definition) is 2. The van der Waals surface area contributed by atoms with Gasteiger partial charge < -0.3 is 29.6 Å². The summed E-state index contributed by atoms with van der Waals surface area (Å²) in [6, 6.07) is 9.37. The maximum absolute atomic E-state index is 12.2. The van der Waals surface area contributed by atoms with Gasteiger partial charge in [-0.1, -0.05) is 0 Å². The first-order valence-electron chi connectivity index (χ1n) is 9.78. The molecule has 0 aromatic heterocycles. The van der Waals surface area contributed by atoms with E-state index in [0.717, 1.165) is 0 Å². The fraction of sp³-hybridized carbons (Fsp3) is 0.273. The summed E-state index contributed by atoms with van der Waals surface area (Å²) in [5, 5.41) is 4.93. The Morgan fingerprint density at radius 3 is 2.38 bits per heavy atom. The third-order valence-electron chi connectivity index (χ3n) is 4.35. The molecule has 10 heteroatoms. The molecular weight excluding hydrogens is 420 g/mol. The van der Waals surface area contributed by atoms with Crippen LogP contribution in [0.15, 0.2) is 36.4 Å². The molecule has 0 atom stereocenters. The molecule has 0 aliphatic carbocycles. The van der Waals surface area contributed by atoms with Gasteiger partial charge in [0.25, 0.3) is 11.8 Å². The molecule has 2 N–H and O–H groups in total. The van der Waals surface area contributed by atoms with E-state index < -0.39 is 30.9 Å². The smallest absolute Gasteiger partial charge is 0.325 e. The number of ether oxygens (including phenoxy) is 4. The van der Waals surface area contributed by atoms with E-state index in [-0.39, 0.29) is 23.8 Å². The molecule has 0 radical (unpaired) electrons. The average molecular weight is 442 g/mol. The van der Waals surface area contributed by atoms with E-state index in [1.807, 2.05) is 6.92 Å². The summed E-state index contributed by atoms with van der Waals surface area (Å²) >= 11 is 0. The molecule has 2 aromatic rings. The topological polar surface area (TPSA) is 129 Å². The number of Topliss-reactive ketones (excluding diaryl/α,β-unsaturated/α-hetero) is 1. The quantitative estimate of drug-likeness (QED) is 0.445. The van der Waals surface area contributed by atoms with Crippen molar-refractivity contribution in [3.05, 3.63) is 47.5 Å². The molecule has 1 aliphatic rings. The Morgan fingerprint density at radius 1 is 1.03 bits per heavy atom. The minimum Gasteiger partial charge on any atom is -0.494 e. The maximum Gasteiger partial charge on any atom is 0.325 e. The lowest BCUT2D eigenvalue weighted by molar-refractivity contribution is -0.146.